The summed E-state index contributed by atoms with van der Waals surface area (Å²) in [7, 11) is -1.93. The van der Waals surface area contributed by atoms with E-state index in [-0.39, 0.29) is 0 Å². The maximum absolute atomic E-state index is 12.0. The van der Waals surface area contributed by atoms with E-state index in [1.165, 1.54) is 0 Å². The highest BCUT2D eigenvalue weighted by atomic mass is 32.2. The molecule has 3 nitrogen and oxygen atoms in total. The van der Waals surface area contributed by atoms with Crippen molar-refractivity contribution in [3.63, 3.8) is 0 Å². The van der Waals surface area contributed by atoms with Crippen LogP contribution in [0.25, 0.3) is 0 Å². The molecule has 1 saturated heterocycles. The lowest BCUT2D eigenvalue weighted by molar-refractivity contribution is 0.306. The molecule has 0 aliphatic carbocycles. The molecule has 0 bridgehead atoms. The topological polar surface area (TPSA) is 38.7 Å². The number of benzene rings is 2. The van der Waals surface area contributed by atoms with E-state index in [4.69, 9.17) is 4.74 Å². The van der Waals surface area contributed by atoms with E-state index in [9.17, 15) is 4.21 Å². The summed E-state index contributed by atoms with van der Waals surface area (Å²) in [5.74, 6) is 2.27. The van der Waals surface area contributed by atoms with E-state index in [0.29, 0.717) is 6.61 Å². The lowest BCUT2D eigenvalue weighted by atomic mass is 10.2. The molecule has 0 N–H and O–H groups in total. The Kier molecular flexibility index (Phi) is 3.74. The zero-order chi connectivity index (χ0) is 13.8. The Labute approximate surface area is 119 Å². The molecule has 1 heterocycles. The Balaban J connectivity index is 1.65. The molecule has 1 fully saturated rings. The zero-order valence-corrected chi connectivity index (χ0v) is 12.0. The lowest BCUT2D eigenvalue weighted by Crippen LogP contribution is -2.22. The second kappa shape index (κ2) is 5.67. The maximum Gasteiger partial charge on any atom is 0.119 e. The van der Waals surface area contributed by atoms with Crippen LogP contribution in [-0.2, 0) is 16.3 Å². The summed E-state index contributed by atoms with van der Waals surface area (Å²) in [5.41, 5.74) is 1.92. The van der Waals surface area contributed by atoms with Gasteiger partial charge in [-0.2, -0.15) is 4.36 Å². The Hall–Kier alpha value is -1.81. The number of hydrogen-bond acceptors (Lipinski definition) is 3. The molecule has 0 atom stereocenters. The fraction of sp³-hybridized carbons (Fsp3) is 0.250. The van der Waals surface area contributed by atoms with Gasteiger partial charge >= 0.3 is 0 Å². The van der Waals surface area contributed by atoms with E-state index in [1.54, 1.807) is 0 Å². The fourth-order valence-corrected chi connectivity index (χ4v) is 3.49. The molecule has 2 aromatic rings. The molecule has 0 spiro atoms. The third-order valence-corrected chi connectivity index (χ3v) is 5.68. The van der Waals surface area contributed by atoms with Crippen LogP contribution < -0.4 is 4.74 Å². The first-order valence-electron chi connectivity index (χ1n) is 6.73. The predicted octanol–water partition coefficient (Wildman–Crippen LogP) is 3.77. The molecule has 20 heavy (non-hydrogen) atoms. The third-order valence-electron chi connectivity index (χ3n) is 3.28. The van der Waals surface area contributed by atoms with E-state index in [2.05, 4.69) is 4.36 Å². The summed E-state index contributed by atoms with van der Waals surface area (Å²) in [6.45, 7) is 0.550. The zero-order valence-electron chi connectivity index (χ0n) is 11.2. The molecule has 4 heteroatoms. The van der Waals surface area contributed by atoms with Crippen LogP contribution >= 0.6 is 0 Å². The molecule has 0 unspecified atom stereocenters. The van der Waals surface area contributed by atoms with Gasteiger partial charge in [0.15, 0.2) is 0 Å². The van der Waals surface area contributed by atoms with E-state index in [1.807, 2.05) is 54.6 Å². The van der Waals surface area contributed by atoms with Crippen molar-refractivity contribution >= 4 is 15.4 Å². The Morgan fingerprint density at radius 1 is 1.00 bits per heavy atom. The summed E-state index contributed by atoms with van der Waals surface area (Å²) in [6, 6.07) is 17.5. The van der Waals surface area contributed by atoms with E-state index < -0.39 is 9.73 Å². The first kappa shape index (κ1) is 13.2. The smallest absolute Gasteiger partial charge is 0.119 e. The van der Waals surface area contributed by atoms with Crippen LogP contribution in [0.3, 0.4) is 0 Å². The van der Waals surface area contributed by atoms with Crippen LogP contribution in [0.5, 0.6) is 5.75 Å². The van der Waals surface area contributed by atoms with Gasteiger partial charge in [-0.1, -0.05) is 30.3 Å². The van der Waals surface area contributed by atoms with Crippen molar-refractivity contribution in [3.8, 4) is 5.75 Å². The van der Waals surface area contributed by atoms with Crippen LogP contribution in [0.15, 0.2) is 59.0 Å². The highest BCUT2D eigenvalue weighted by Crippen LogP contribution is 2.24. The first-order valence-corrected chi connectivity index (χ1v) is 8.58. The van der Waals surface area contributed by atoms with Crippen LogP contribution in [0.4, 0.5) is 5.69 Å². The summed E-state index contributed by atoms with van der Waals surface area (Å²) in [4.78, 5) is 0. The summed E-state index contributed by atoms with van der Waals surface area (Å²) < 4.78 is 22.0. The molecular formula is C16H17NO2S. The van der Waals surface area contributed by atoms with Gasteiger partial charge in [0, 0.05) is 11.5 Å². The standard InChI is InChI=1S/C16H17NO2S/c18-20(11-4-12-20)17-15-7-9-16(10-8-15)19-13-14-5-2-1-3-6-14/h1-3,5-10H,4,11-13H2. The maximum atomic E-state index is 12.0. The number of hydrogen-bond donors (Lipinski definition) is 0. The van der Waals surface area contributed by atoms with Crippen molar-refractivity contribution in [2.24, 2.45) is 4.36 Å². The molecule has 1 aliphatic heterocycles. The van der Waals surface area contributed by atoms with Gasteiger partial charge in [0.1, 0.15) is 12.4 Å². The molecular weight excluding hydrogens is 270 g/mol. The van der Waals surface area contributed by atoms with Crippen LogP contribution in [0, 0.1) is 0 Å². The van der Waals surface area contributed by atoms with Crippen molar-refractivity contribution in [1.29, 1.82) is 0 Å². The van der Waals surface area contributed by atoms with Crippen LogP contribution in [0.1, 0.15) is 12.0 Å². The minimum atomic E-state index is -1.93. The SMILES string of the molecule is O=S1(=Nc2ccc(OCc3ccccc3)cc2)CCC1. The van der Waals surface area contributed by atoms with Gasteiger partial charge in [0.2, 0.25) is 0 Å². The minimum absolute atomic E-state index is 0.550. The second-order valence-electron chi connectivity index (χ2n) is 4.89. The lowest BCUT2D eigenvalue weighted by Gasteiger charge is -2.17. The van der Waals surface area contributed by atoms with Gasteiger partial charge in [0.05, 0.1) is 15.4 Å². The van der Waals surface area contributed by atoms with E-state index >= 15 is 0 Å². The van der Waals surface area contributed by atoms with Gasteiger partial charge in [0.25, 0.3) is 0 Å². The first-order chi connectivity index (χ1) is 9.73. The van der Waals surface area contributed by atoms with Crippen molar-refractivity contribution in [3.05, 3.63) is 60.2 Å². The predicted molar refractivity (Wildman–Crippen MR) is 81.8 cm³/mol. The van der Waals surface area contributed by atoms with Gasteiger partial charge < -0.3 is 4.74 Å². The Morgan fingerprint density at radius 2 is 1.70 bits per heavy atom. The number of ether oxygens (including phenoxy) is 1. The average Bonchev–Trinajstić information content (AvgIpc) is 2.46. The normalized spacial score (nSPS) is 16.2. The molecule has 104 valence electrons. The van der Waals surface area contributed by atoms with Crippen molar-refractivity contribution < 1.29 is 8.95 Å². The molecule has 1 aliphatic rings. The third kappa shape index (κ3) is 3.20. The van der Waals surface area contributed by atoms with Crippen LogP contribution in [-0.4, -0.2) is 15.7 Å². The fourth-order valence-electron chi connectivity index (χ4n) is 2.02. The van der Waals surface area contributed by atoms with E-state index in [0.717, 1.165) is 34.9 Å². The average molecular weight is 287 g/mol. The van der Waals surface area contributed by atoms with Gasteiger partial charge in [-0.15, -0.1) is 0 Å². The monoisotopic (exact) mass is 287 g/mol. The Morgan fingerprint density at radius 3 is 2.30 bits per heavy atom. The minimum Gasteiger partial charge on any atom is -0.489 e. The van der Waals surface area contributed by atoms with Crippen LogP contribution in [0.2, 0.25) is 0 Å². The second-order valence-corrected chi connectivity index (χ2v) is 7.44. The largest absolute Gasteiger partial charge is 0.489 e. The molecule has 0 saturated carbocycles. The summed E-state index contributed by atoms with van der Waals surface area (Å²) >= 11 is 0. The molecule has 3 rings (SSSR count). The number of rotatable bonds is 4. The van der Waals surface area contributed by atoms with Gasteiger partial charge in [-0.25, -0.2) is 4.21 Å². The molecule has 0 aromatic heterocycles. The highest BCUT2D eigenvalue weighted by molar-refractivity contribution is 7.95. The quantitative estimate of drug-likeness (QED) is 0.858. The van der Waals surface area contributed by atoms with Crippen molar-refractivity contribution in [1.82, 2.24) is 0 Å². The van der Waals surface area contributed by atoms with Crippen molar-refractivity contribution in [2.45, 2.75) is 13.0 Å². The van der Waals surface area contributed by atoms with Gasteiger partial charge in [-0.05, 0) is 36.2 Å². The summed E-state index contributed by atoms with van der Waals surface area (Å²) in [5, 5.41) is 0. The van der Waals surface area contributed by atoms with Crippen molar-refractivity contribution in [2.75, 3.05) is 11.5 Å². The molecule has 0 amide bonds. The molecule has 2 aromatic carbocycles. The summed E-state index contributed by atoms with van der Waals surface area (Å²) in [6.07, 6.45) is 1.03. The van der Waals surface area contributed by atoms with Gasteiger partial charge in [-0.3, -0.25) is 0 Å². The Bertz CT molecular complexity index is 676. The highest BCUT2D eigenvalue weighted by Gasteiger charge is 2.18. The number of nitrogens with zero attached hydrogens (tertiary/aromatic N) is 1. The molecule has 0 radical (unpaired) electrons.